The summed E-state index contributed by atoms with van der Waals surface area (Å²) in [5.74, 6) is -1.52. The second-order valence-electron chi connectivity index (χ2n) is 18.5. The number of amides is 4. The van der Waals surface area contributed by atoms with Crippen LogP contribution < -0.4 is 16.4 Å². The maximum absolute atomic E-state index is 13.2. The van der Waals surface area contributed by atoms with Crippen LogP contribution in [0.1, 0.15) is 78.4 Å². The van der Waals surface area contributed by atoms with Gasteiger partial charge >= 0.3 is 0 Å². The minimum atomic E-state index is -0.895. The Morgan fingerprint density at radius 3 is 1.20 bits per heavy atom. The van der Waals surface area contributed by atoms with Crippen molar-refractivity contribution in [3.05, 3.63) is 130 Å². The summed E-state index contributed by atoms with van der Waals surface area (Å²) in [6, 6.07) is 29.4. The highest BCUT2D eigenvalue weighted by Crippen LogP contribution is 2.56. The van der Waals surface area contributed by atoms with Gasteiger partial charge < -0.3 is 34.2 Å². The van der Waals surface area contributed by atoms with Crippen LogP contribution in [0.2, 0.25) is 0 Å². The number of fused-ring (bicyclic) bond motifs is 26. The van der Waals surface area contributed by atoms with Crippen LogP contribution in [-0.2, 0) is 0 Å². The number of hydrogen-bond acceptors (Lipinski definition) is 8. The number of aromatic nitrogens is 4. The van der Waals surface area contributed by atoms with Gasteiger partial charge in [0.05, 0.1) is 86.7 Å². The fourth-order valence-corrected chi connectivity index (χ4v) is 13.5. The molecule has 8 heterocycles. The van der Waals surface area contributed by atoms with E-state index in [9.17, 15) is 34.9 Å². The van der Waals surface area contributed by atoms with Crippen LogP contribution in [0.4, 0.5) is 0 Å². The lowest BCUT2D eigenvalue weighted by molar-refractivity contribution is 0.0864. The molecule has 4 amide bonds. The minimum Gasteiger partial charge on any atom is -0.390 e. The fraction of sp³-hybridized carbons (Fsp3) is 0.200. The second kappa shape index (κ2) is 12.0. The number of carbonyl (C=O) groups excluding carboxylic acids is 4. The molecule has 2 saturated carbocycles. The Morgan fingerprint density at radius 1 is 0.500 bits per heavy atom. The van der Waals surface area contributed by atoms with Gasteiger partial charge in [-0.15, -0.1) is 0 Å². The normalized spacial score (nSPS) is 25.4. The molecule has 0 radical (unpaired) electrons. The first-order valence-corrected chi connectivity index (χ1v) is 22.1. The standard InChI is InChI=1S/C25H16N6O3.C25H18N4O3/c26-29-28-20-14-9-15(23(20)32)31-13-8-4-2-6-11(13)17-19-18(24(33)27-25(19)34)16-10-5-1-3-7-12(10)30(14)21(16)22(17)31;26-20-14-9-15(23(20)30)29-13-8-4-2-6-11(13)17-19-18(24(31)27-25(19)32)16-10-5-1-3-7-12(10)28(14)21(16)22(17)29/h1-8,14-15,20,23,32H,9H2,(H,27,33,34);1-8,14-15,20,23,30H,9,26H2,(H,27,31,32)/t2*14?,15?,20-,23-/m11/s1. The molecule has 10 aromatic rings. The molecule has 6 N–H and O–H groups in total. The van der Waals surface area contributed by atoms with Crippen LogP contribution in [0.15, 0.2) is 102 Å². The molecule has 4 bridgehead atoms. The Labute approximate surface area is 370 Å². The van der Waals surface area contributed by atoms with Crippen LogP contribution in [0, 0.1) is 0 Å². The van der Waals surface area contributed by atoms with Crippen LogP contribution in [-0.4, -0.2) is 76.4 Å². The molecule has 2 fully saturated rings. The average Bonchev–Trinajstić information content (AvgIpc) is 4.19. The Balaban J connectivity index is 0.000000121. The van der Waals surface area contributed by atoms with Crippen molar-refractivity contribution >= 4 is 111 Å². The third kappa shape index (κ3) is 3.95. The number of nitrogens with zero attached hydrogens (tertiary/aromatic N) is 7. The molecule has 6 aromatic carbocycles. The molecule has 16 nitrogen and oxygen atoms in total. The van der Waals surface area contributed by atoms with Gasteiger partial charge in [-0.25, -0.2) is 0 Å². The Hall–Kier alpha value is -8.01. The van der Waals surface area contributed by atoms with E-state index < -0.39 is 36.1 Å². The Morgan fingerprint density at radius 2 is 0.818 bits per heavy atom. The molecular weight excluding hydrogens is 837 g/mol. The monoisotopic (exact) mass is 870 g/mol. The van der Waals surface area contributed by atoms with Crippen LogP contribution >= 0.6 is 0 Å². The summed E-state index contributed by atoms with van der Waals surface area (Å²) < 4.78 is 8.64. The topological polar surface area (TPSA) is 227 Å². The van der Waals surface area contributed by atoms with Gasteiger partial charge in [0.2, 0.25) is 0 Å². The first-order chi connectivity index (χ1) is 32.2. The Kier molecular flexibility index (Phi) is 6.61. The van der Waals surface area contributed by atoms with Gasteiger partial charge in [0.1, 0.15) is 0 Å². The van der Waals surface area contributed by atoms with Crippen molar-refractivity contribution in [1.29, 1.82) is 0 Å². The van der Waals surface area contributed by atoms with E-state index in [2.05, 4.69) is 38.9 Å². The van der Waals surface area contributed by atoms with E-state index in [-0.39, 0.29) is 36.0 Å². The molecule has 4 aliphatic heterocycles. The van der Waals surface area contributed by atoms with Crippen molar-refractivity contribution in [2.45, 2.75) is 61.3 Å². The van der Waals surface area contributed by atoms with E-state index in [1.807, 2.05) is 97.1 Å². The maximum atomic E-state index is 13.2. The largest absolute Gasteiger partial charge is 0.390 e. The Bertz CT molecular complexity index is 3990. The lowest BCUT2D eigenvalue weighted by Crippen LogP contribution is -2.39. The van der Waals surface area contributed by atoms with E-state index in [0.717, 1.165) is 87.2 Å². The first-order valence-electron chi connectivity index (χ1n) is 22.1. The van der Waals surface area contributed by atoms with E-state index in [4.69, 9.17) is 5.73 Å². The molecule has 4 aromatic heterocycles. The number of aliphatic hydroxyl groups is 2. The van der Waals surface area contributed by atoms with Gasteiger partial charge in [-0.05, 0) is 42.6 Å². The van der Waals surface area contributed by atoms with Crippen molar-refractivity contribution in [3.63, 3.8) is 0 Å². The zero-order valence-corrected chi connectivity index (χ0v) is 34.5. The number of aliphatic hydroxyl groups excluding tert-OH is 2. The van der Waals surface area contributed by atoms with Gasteiger partial charge in [0.15, 0.2) is 0 Å². The molecule has 0 saturated heterocycles. The summed E-state index contributed by atoms with van der Waals surface area (Å²) >= 11 is 0. The molecule has 4 unspecified atom stereocenters. The smallest absolute Gasteiger partial charge is 0.259 e. The zero-order valence-electron chi connectivity index (χ0n) is 34.5. The second-order valence-corrected chi connectivity index (χ2v) is 18.5. The number of nitrogens with one attached hydrogen (secondary N) is 2. The molecule has 16 heteroatoms. The number of azide groups is 1. The lowest BCUT2D eigenvalue weighted by Gasteiger charge is -2.25. The number of benzene rings is 6. The zero-order chi connectivity index (χ0) is 44.3. The maximum Gasteiger partial charge on any atom is 0.259 e. The van der Waals surface area contributed by atoms with Crippen LogP contribution in [0.3, 0.4) is 0 Å². The molecule has 16 rings (SSSR count). The van der Waals surface area contributed by atoms with Gasteiger partial charge in [-0.1, -0.05) is 77.9 Å². The molecule has 66 heavy (non-hydrogen) atoms. The quantitative estimate of drug-likeness (QED) is 0.0489. The summed E-state index contributed by atoms with van der Waals surface area (Å²) in [7, 11) is 0. The molecule has 6 aliphatic rings. The summed E-state index contributed by atoms with van der Waals surface area (Å²) in [4.78, 5) is 55.5. The predicted octanol–water partition coefficient (Wildman–Crippen LogP) is 7.30. The average molecular weight is 871 g/mol. The van der Waals surface area contributed by atoms with Crippen molar-refractivity contribution in [1.82, 2.24) is 28.9 Å². The highest BCUT2D eigenvalue weighted by Gasteiger charge is 2.51. The summed E-state index contributed by atoms with van der Waals surface area (Å²) in [6.07, 6.45) is -0.366. The third-order valence-electron chi connectivity index (χ3n) is 15.8. The van der Waals surface area contributed by atoms with Crippen molar-refractivity contribution in [2.75, 3.05) is 0 Å². The van der Waals surface area contributed by atoms with E-state index in [1.54, 1.807) is 0 Å². The van der Waals surface area contributed by atoms with Gasteiger partial charge in [0.25, 0.3) is 23.6 Å². The van der Waals surface area contributed by atoms with Gasteiger partial charge in [-0.3, -0.25) is 29.8 Å². The van der Waals surface area contributed by atoms with Gasteiger partial charge in [0, 0.05) is 76.1 Å². The van der Waals surface area contributed by atoms with Crippen molar-refractivity contribution < 1.29 is 29.4 Å². The molecular formula is C50H34N10O6. The van der Waals surface area contributed by atoms with E-state index >= 15 is 0 Å². The highest BCUT2D eigenvalue weighted by molar-refractivity contribution is 6.41. The highest BCUT2D eigenvalue weighted by atomic mass is 16.3. The number of imide groups is 2. The number of carbonyl (C=O) groups is 4. The fourth-order valence-electron chi connectivity index (χ4n) is 13.5. The summed E-state index contributed by atoms with van der Waals surface area (Å²) in [5, 5.41) is 38.3. The van der Waals surface area contributed by atoms with Crippen LogP contribution in [0.5, 0.6) is 0 Å². The molecule has 8 atom stereocenters. The SMILES string of the molecule is N[C@@H]1C2CC([C@H]1O)n1c3ccccc3c3c4c(c5c6ccccc6n2c5c31)C(=O)NC4=O.[N-]=[N+]=N[C@@H]1C2CC([C@H]1O)n1c3ccccc3c3c4c(c5c6ccccc6n2c5c31)C(=O)NC4=O. The summed E-state index contributed by atoms with van der Waals surface area (Å²) in [6.45, 7) is 0. The summed E-state index contributed by atoms with van der Waals surface area (Å²) in [5.41, 5.74) is 24.8. The third-order valence-corrected chi connectivity index (χ3v) is 15.8. The number of nitrogens with two attached hydrogens (primary N) is 1. The number of hydrogen-bond donors (Lipinski definition) is 5. The minimum absolute atomic E-state index is 0.113. The molecule has 0 spiro atoms. The number of rotatable bonds is 1. The van der Waals surface area contributed by atoms with Crippen LogP contribution in [0.25, 0.3) is 97.7 Å². The molecule has 2 aliphatic carbocycles. The lowest BCUT2D eigenvalue weighted by atomic mass is 9.96. The van der Waals surface area contributed by atoms with Gasteiger partial charge in [-0.2, -0.15) is 0 Å². The number of para-hydroxylation sites is 4. The van der Waals surface area contributed by atoms with E-state index in [0.29, 0.717) is 35.1 Å². The van der Waals surface area contributed by atoms with Crippen molar-refractivity contribution in [3.8, 4) is 0 Å². The van der Waals surface area contributed by atoms with E-state index in [1.165, 1.54) is 0 Å². The molecule has 320 valence electrons. The van der Waals surface area contributed by atoms with Crippen molar-refractivity contribution in [2.24, 2.45) is 10.8 Å². The predicted molar refractivity (Wildman–Crippen MR) is 247 cm³/mol. The first kappa shape index (κ1) is 36.3.